The maximum atomic E-state index is 13.7. The molecule has 10 heteroatoms. The molecule has 1 atom stereocenters. The molecule has 2 heterocycles. The number of benzene rings is 2. The number of hydrogen-bond acceptors (Lipinski definition) is 7. The standard InChI is InChI=1S/C33H39FN6O3/c1-33(2,3)43-32(42)37-17-19-40-18-7-11-26(40)22-38-31(41)28-13-14-29(27-12-5-4-9-24(27)21-35)39-30(28)36-16-15-23-8-6-10-25(34)20-23/h4-6,8-10,12-14,20,26H,7,11,15-19,22H2,1-3H3,(H,36,39)(H,37,42)(H,38,41). The number of halogens is 1. The van der Waals surface area contributed by atoms with Crippen LogP contribution in [0.3, 0.4) is 0 Å². The van der Waals surface area contributed by atoms with Crippen LogP contribution in [-0.4, -0.2) is 66.3 Å². The van der Waals surface area contributed by atoms with Crippen LogP contribution < -0.4 is 16.0 Å². The van der Waals surface area contributed by atoms with Gasteiger partial charge in [-0.3, -0.25) is 9.69 Å². The number of aromatic nitrogens is 1. The van der Waals surface area contributed by atoms with Gasteiger partial charge < -0.3 is 20.7 Å². The first-order valence-electron chi connectivity index (χ1n) is 14.6. The van der Waals surface area contributed by atoms with Crippen LogP contribution in [0.2, 0.25) is 0 Å². The van der Waals surface area contributed by atoms with Crippen LogP contribution in [-0.2, 0) is 11.2 Å². The second-order valence-electron chi connectivity index (χ2n) is 11.5. The lowest BCUT2D eigenvalue weighted by atomic mass is 10.0. The van der Waals surface area contributed by atoms with Gasteiger partial charge in [0.1, 0.15) is 17.2 Å². The van der Waals surface area contributed by atoms with Crippen molar-refractivity contribution < 1.29 is 18.7 Å². The average Bonchev–Trinajstić information content (AvgIpc) is 3.42. The van der Waals surface area contributed by atoms with Gasteiger partial charge in [0, 0.05) is 37.8 Å². The van der Waals surface area contributed by atoms with Crippen molar-refractivity contribution in [2.75, 3.05) is 38.0 Å². The fourth-order valence-electron chi connectivity index (χ4n) is 5.09. The van der Waals surface area contributed by atoms with Crippen molar-refractivity contribution in [1.29, 1.82) is 5.26 Å². The van der Waals surface area contributed by atoms with Crippen molar-refractivity contribution in [1.82, 2.24) is 20.5 Å². The Kier molecular flexibility index (Phi) is 10.7. The van der Waals surface area contributed by atoms with Gasteiger partial charge in [-0.2, -0.15) is 5.26 Å². The minimum absolute atomic E-state index is 0.142. The lowest BCUT2D eigenvalue weighted by molar-refractivity contribution is 0.0521. The smallest absolute Gasteiger partial charge is 0.407 e. The molecule has 1 aliphatic heterocycles. The molecule has 3 aromatic rings. The Morgan fingerprint density at radius 2 is 1.91 bits per heavy atom. The van der Waals surface area contributed by atoms with Crippen molar-refractivity contribution in [2.45, 2.75) is 51.7 Å². The fraction of sp³-hybridized carbons (Fsp3) is 0.394. The molecule has 0 spiro atoms. The van der Waals surface area contributed by atoms with Gasteiger partial charge in [0.05, 0.1) is 22.9 Å². The monoisotopic (exact) mass is 586 g/mol. The summed E-state index contributed by atoms with van der Waals surface area (Å²) < 4.78 is 19.0. The largest absolute Gasteiger partial charge is 0.444 e. The van der Waals surface area contributed by atoms with Gasteiger partial charge in [-0.1, -0.05) is 30.3 Å². The van der Waals surface area contributed by atoms with Crippen LogP contribution in [0, 0.1) is 17.1 Å². The number of amides is 2. The molecule has 43 heavy (non-hydrogen) atoms. The highest BCUT2D eigenvalue weighted by Crippen LogP contribution is 2.25. The van der Waals surface area contributed by atoms with Crippen LogP contribution in [0.1, 0.15) is 55.1 Å². The third kappa shape index (κ3) is 9.25. The van der Waals surface area contributed by atoms with E-state index in [-0.39, 0.29) is 17.8 Å². The van der Waals surface area contributed by atoms with Gasteiger partial charge in [0.2, 0.25) is 0 Å². The summed E-state index contributed by atoms with van der Waals surface area (Å²) in [5, 5.41) is 18.7. The summed E-state index contributed by atoms with van der Waals surface area (Å²) in [4.78, 5) is 32.4. The number of nitriles is 1. The molecule has 1 unspecified atom stereocenters. The van der Waals surface area contributed by atoms with Crippen molar-refractivity contribution in [3.05, 3.63) is 83.2 Å². The quantitative estimate of drug-likeness (QED) is 0.285. The van der Waals surface area contributed by atoms with Crippen molar-refractivity contribution >= 4 is 17.8 Å². The summed E-state index contributed by atoms with van der Waals surface area (Å²) in [6.45, 7) is 8.35. The van der Waals surface area contributed by atoms with Crippen molar-refractivity contribution in [3.8, 4) is 17.3 Å². The molecule has 1 fully saturated rings. The third-order valence-electron chi connectivity index (χ3n) is 7.12. The number of pyridine rings is 1. The minimum Gasteiger partial charge on any atom is -0.444 e. The van der Waals surface area contributed by atoms with Gasteiger partial charge in [-0.15, -0.1) is 0 Å². The molecular formula is C33H39FN6O3. The molecule has 2 aromatic carbocycles. The Morgan fingerprint density at radius 1 is 1.09 bits per heavy atom. The SMILES string of the molecule is CC(C)(C)OC(=O)NCCN1CCCC1CNC(=O)c1ccc(-c2ccccc2C#N)nc1NCCc1cccc(F)c1. The molecule has 9 nitrogen and oxygen atoms in total. The van der Waals surface area contributed by atoms with E-state index >= 15 is 0 Å². The Bertz CT molecular complexity index is 1470. The number of anilines is 1. The summed E-state index contributed by atoms with van der Waals surface area (Å²) in [6.07, 6.45) is 2.04. The van der Waals surface area contributed by atoms with Gasteiger partial charge in [0.15, 0.2) is 0 Å². The van der Waals surface area contributed by atoms with Crippen LogP contribution in [0.5, 0.6) is 0 Å². The Balaban J connectivity index is 1.42. The van der Waals surface area contributed by atoms with E-state index in [0.717, 1.165) is 24.9 Å². The second-order valence-corrected chi connectivity index (χ2v) is 11.5. The van der Waals surface area contributed by atoms with Crippen LogP contribution in [0.15, 0.2) is 60.7 Å². The Labute approximate surface area is 252 Å². The number of alkyl carbamates (subject to hydrolysis) is 1. The zero-order valence-electron chi connectivity index (χ0n) is 25.0. The number of hydrogen-bond donors (Lipinski definition) is 3. The van der Waals surface area contributed by atoms with Gasteiger partial charge >= 0.3 is 6.09 Å². The van der Waals surface area contributed by atoms with E-state index < -0.39 is 11.7 Å². The summed E-state index contributed by atoms with van der Waals surface area (Å²) in [6, 6.07) is 19.4. The molecule has 1 aromatic heterocycles. The maximum Gasteiger partial charge on any atom is 0.407 e. The molecule has 226 valence electrons. The second kappa shape index (κ2) is 14.6. The first-order valence-corrected chi connectivity index (χ1v) is 14.6. The van der Waals surface area contributed by atoms with Gasteiger partial charge in [0.25, 0.3) is 5.91 Å². The van der Waals surface area contributed by atoms with Gasteiger partial charge in [-0.25, -0.2) is 14.2 Å². The summed E-state index contributed by atoms with van der Waals surface area (Å²) >= 11 is 0. The molecule has 0 saturated carbocycles. The molecule has 0 bridgehead atoms. The average molecular weight is 587 g/mol. The van der Waals surface area contributed by atoms with E-state index in [1.54, 1.807) is 30.3 Å². The van der Waals surface area contributed by atoms with Gasteiger partial charge in [-0.05, 0) is 82.5 Å². The topological polar surface area (TPSA) is 119 Å². The Hall–Kier alpha value is -4.49. The summed E-state index contributed by atoms with van der Waals surface area (Å²) in [7, 11) is 0. The molecule has 4 rings (SSSR count). The molecular weight excluding hydrogens is 547 g/mol. The van der Waals surface area contributed by atoms with Crippen LogP contribution >= 0.6 is 0 Å². The predicted octanol–water partition coefficient (Wildman–Crippen LogP) is 5.13. The Morgan fingerprint density at radius 3 is 2.67 bits per heavy atom. The minimum atomic E-state index is -0.552. The van der Waals surface area contributed by atoms with E-state index in [9.17, 15) is 19.2 Å². The highest BCUT2D eigenvalue weighted by molar-refractivity contribution is 5.99. The van der Waals surface area contributed by atoms with E-state index in [2.05, 4.69) is 26.9 Å². The van der Waals surface area contributed by atoms with E-state index in [1.165, 1.54) is 12.1 Å². The van der Waals surface area contributed by atoms with Crippen LogP contribution in [0.4, 0.5) is 15.0 Å². The number of nitrogens with one attached hydrogen (secondary N) is 3. The number of rotatable bonds is 11. The van der Waals surface area contributed by atoms with E-state index in [0.29, 0.717) is 60.8 Å². The number of ether oxygens (including phenoxy) is 1. The first-order chi connectivity index (χ1) is 20.6. The highest BCUT2D eigenvalue weighted by Gasteiger charge is 2.26. The van der Waals surface area contributed by atoms with Crippen LogP contribution in [0.25, 0.3) is 11.3 Å². The number of nitrogens with zero attached hydrogens (tertiary/aromatic N) is 3. The highest BCUT2D eigenvalue weighted by atomic mass is 19.1. The normalized spacial score (nSPS) is 15.0. The number of carbonyl (C=O) groups is 2. The molecule has 3 N–H and O–H groups in total. The zero-order chi connectivity index (χ0) is 30.8. The molecule has 2 amide bonds. The fourth-order valence-corrected chi connectivity index (χ4v) is 5.09. The van der Waals surface area contributed by atoms with E-state index in [1.807, 2.05) is 39.0 Å². The number of likely N-dealkylation sites (tertiary alicyclic amines) is 1. The predicted molar refractivity (Wildman–Crippen MR) is 164 cm³/mol. The summed E-state index contributed by atoms with van der Waals surface area (Å²) in [5.41, 5.74) is 2.39. The molecule has 0 aliphatic carbocycles. The third-order valence-corrected chi connectivity index (χ3v) is 7.12. The lowest BCUT2D eigenvalue weighted by Gasteiger charge is -2.25. The zero-order valence-corrected chi connectivity index (χ0v) is 25.0. The molecule has 0 radical (unpaired) electrons. The van der Waals surface area contributed by atoms with E-state index in [4.69, 9.17) is 9.72 Å². The van der Waals surface area contributed by atoms with Crippen molar-refractivity contribution in [3.63, 3.8) is 0 Å². The molecule has 1 aliphatic rings. The lowest BCUT2D eigenvalue weighted by Crippen LogP contribution is -2.44. The maximum absolute atomic E-state index is 13.7. The molecule has 1 saturated heterocycles. The summed E-state index contributed by atoms with van der Waals surface area (Å²) in [5.74, 6) is -0.170. The number of carbonyl (C=O) groups excluding carboxylic acids is 2. The van der Waals surface area contributed by atoms with Crippen molar-refractivity contribution in [2.24, 2.45) is 0 Å². The first kappa shape index (κ1) is 31.4.